The molecule has 0 amide bonds. The molecule has 2 N–H and O–H groups in total. The Kier molecular flexibility index (Phi) is 5.52. The van der Waals surface area contributed by atoms with Gasteiger partial charge in [-0.25, -0.2) is 9.97 Å². The molecular formula is C23H24Cl2N4O2. The highest BCUT2D eigenvalue weighted by Crippen LogP contribution is 2.36. The fourth-order valence-corrected chi connectivity index (χ4v) is 5.14. The lowest BCUT2D eigenvalue weighted by molar-refractivity contribution is -0.0450. The molecule has 8 heteroatoms. The molecule has 3 heterocycles. The molecule has 5 rings (SSSR count). The molecule has 6 nitrogen and oxygen atoms in total. The van der Waals surface area contributed by atoms with E-state index >= 15 is 0 Å². The SMILES string of the molecule is O[C@@H]1CN(c2ncnc3cc(Cl)ccc23)C[C@@H]1N1CCC(O)(c2ccc(Cl)cc2)CC1. The molecule has 31 heavy (non-hydrogen) atoms. The molecular weight excluding hydrogens is 435 g/mol. The normalized spacial score (nSPS) is 24.1. The number of hydrogen-bond acceptors (Lipinski definition) is 6. The molecule has 1 aromatic heterocycles. The van der Waals surface area contributed by atoms with Crippen molar-refractivity contribution in [1.82, 2.24) is 14.9 Å². The Hall–Kier alpha value is -1.96. The number of likely N-dealkylation sites (tertiary alicyclic amines) is 1. The number of aliphatic hydroxyl groups excluding tert-OH is 1. The number of rotatable bonds is 3. The van der Waals surface area contributed by atoms with Gasteiger partial charge in [0, 0.05) is 41.6 Å². The predicted octanol–water partition coefficient (Wildman–Crippen LogP) is 3.47. The van der Waals surface area contributed by atoms with Crippen LogP contribution in [0.25, 0.3) is 10.9 Å². The number of fused-ring (bicyclic) bond motifs is 1. The number of nitrogens with zero attached hydrogens (tertiary/aromatic N) is 4. The van der Waals surface area contributed by atoms with Crippen LogP contribution in [-0.2, 0) is 5.60 Å². The number of aliphatic hydroxyl groups is 2. The smallest absolute Gasteiger partial charge is 0.140 e. The second-order valence-electron chi connectivity index (χ2n) is 8.47. The molecule has 0 aliphatic carbocycles. The highest BCUT2D eigenvalue weighted by molar-refractivity contribution is 6.31. The predicted molar refractivity (Wildman–Crippen MR) is 123 cm³/mol. The second kappa shape index (κ2) is 8.19. The van der Waals surface area contributed by atoms with Crippen LogP contribution in [0.1, 0.15) is 18.4 Å². The summed E-state index contributed by atoms with van der Waals surface area (Å²) in [7, 11) is 0. The first-order valence-corrected chi connectivity index (χ1v) is 11.2. The van der Waals surface area contributed by atoms with Gasteiger partial charge in [-0.3, -0.25) is 4.90 Å². The number of benzene rings is 2. The summed E-state index contributed by atoms with van der Waals surface area (Å²) in [4.78, 5) is 13.2. The average Bonchev–Trinajstić information content (AvgIpc) is 3.15. The Balaban J connectivity index is 1.30. The zero-order valence-corrected chi connectivity index (χ0v) is 18.5. The van der Waals surface area contributed by atoms with E-state index in [2.05, 4.69) is 19.8 Å². The Morgan fingerprint density at radius 3 is 2.39 bits per heavy atom. The van der Waals surface area contributed by atoms with Gasteiger partial charge in [-0.15, -0.1) is 0 Å². The molecule has 0 spiro atoms. The number of aromatic nitrogens is 2. The van der Waals surface area contributed by atoms with Crippen LogP contribution < -0.4 is 4.90 Å². The van der Waals surface area contributed by atoms with Crippen LogP contribution >= 0.6 is 23.2 Å². The van der Waals surface area contributed by atoms with Crippen molar-refractivity contribution < 1.29 is 10.2 Å². The van der Waals surface area contributed by atoms with E-state index in [1.807, 2.05) is 42.5 Å². The third kappa shape index (κ3) is 3.99. The Bertz CT molecular complexity index is 1090. The lowest BCUT2D eigenvalue weighted by atomic mass is 9.84. The van der Waals surface area contributed by atoms with E-state index in [0.717, 1.165) is 35.4 Å². The lowest BCUT2D eigenvalue weighted by Crippen LogP contribution is -2.50. The van der Waals surface area contributed by atoms with E-state index in [1.165, 1.54) is 0 Å². The molecule has 2 atom stereocenters. The van der Waals surface area contributed by atoms with Crippen molar-refractivity contribution in [1.29, 1.82) is 0 Å². The van der Waals surface area contributed by atoms with Gasteiger partial charge in [-0.2, -0.15) is 0 Å². The monoisotopic (exact) mass is 458 g/mol. The van der Waals surface area contributed by atoms with Gasteiger partial charge in [0.05, 0.1) is 23.3 Å². The highest BCUT2D eigenvalue weighted by atomic mass is 35.5. The van der Waals surface area contributed by atoms with Gasteiger partial charge in [-0.05, 0) is 48.7 Å². The number of anilines is 1. The standard InChI is InChI=1S/C23H24Cl2N4O2/c24-16-3-1-15(2-4-16)23(31)7-9-28(10-8-23)20-12-29(13-21(20)30)22-18-6-5-17(25)11-19(18)26-14-27-22/h1-6,11,14,20-21,30-31H,7-10,12-13H2/t20-,21+/m0/s1. The number of hydrogen-bond donors (Lipinski definition) is 2. The summed E-state index contributed by atoms with van der Waals surface area (Å²) < 4.78 is 0. The van der Waals surface area contributed by atoms with E-state index < -0.39 is 11.7 Å². The minimum atomic E-state index is -0.855. The third-order valence-corrected chi connectivity index (χ3v) is 7.10. The van der Waals surface area contributed by atoms with Gasteiger partial charge in [0.1, 0.15) is 12.1 Å². The van der Waals surface area contributed by atoms with Gasteiger partial charge in [0.2, 0.25) is 0 Å². The van der Waals surface area contributed by atoms with E-state index in [-0.39, 0.29) is 6.04 Å². The quantitative estimate of drug-likeness (QED) is 0.625. The zero-order chi connectivity index (χ0) is 21.6. The summed E-state index contributed by atoms with van der Waals surface area (Å²) in [5.41, 5.74) is 0.838. The maximum atomic E-state index is 11.2. The number of halogens is 2. The summed E-state index contributed by atoms with van der Waals surface area (Å²) in [5, 5.41) is 24.2. The largest absolute Gasteiger partial charge is 0.390 e. The Labute approximate surface area is 191 Å². The fourth-order valence-electron chi connectivity index (χ4n) is 4.84. The third-order valence-electron chi connectivity index (χ3n) is 6.61. The summed E-state index contributed by atoms with van der Waals surface area (Å²) in [5.74, 6) is 0.817. The Morgan fingerprint density at radius 2 is 1.65 bits per heavy atom. The summed E-state index contributed by atoms with van der Waals surface area (Å²) in [6.07, 6.45) is 2.29. The maximum absolute atomic E-state index is 11.2. The zero-order valence-electron chi connectivity index (χ0n) is 17.0. The molecule has 2 saturated heterocycles. The van der Waals surface area contributed by atoms with Crippen LogP contribution in [-0.4, -0.2) is 63.4 Å². The molecule has 2 aliphatic rings. The first kappa shape index (κ1) is 20.9. The lowest BCUT2D eigenvalue weighted by Gasteiger charge is -2.41. The molecule has 0 radical (unpaired) electrons. The first-order valence-electron chi connectivity index (χ1n) is 10.5. The van der Waals surface area contributed by atoms with Crippen molar-refractivity contribution in [3.05, 3.63) is 64.4 Å². The second-order valence-corrected chi connectivity index (χ2v) is 9.35. The van der Waals surface area contributed by atoms with Gasteiger partial charge in [0.15, 0.2) is 0 Å². The van der Waals surface area contributed by atoms with Crippen LogP contribution in [0.15, 0.2) is 48.8 Å². The minimum absolute atomic E-state index is 0.00733. The van der Waals surface area contributed by atoms with Crippen molar-refractivity contribution in [3.63, 3.8) is 0 Å². The maximum Gasteiger partial charge on any atom is 0.140 e. The van der Waals surface area contributed by atoms with Crippen molar-refractivity contribution in [3.8, 4) is 0 Å². The minimum Gasteiger partial charge on any atom is -0.390 e. The van der Waals surface area contributed by atoms with E-state index in [1.54, 1.807) is 6.33 Å². The molecule has 0 saturated carbocycles. The fraction of sp³-hybridized carbons (Fsp3) is 0.391. The molecule has 3 aromatic rings. The van der Waals surface area contributed by atoms with E-state index in [4.69, 9.17) is 23.2 Å². The van der Waals surface area contributed by atoms with Crippen molar-refractivity contribution in [2.75, 3.05) is 31.1 Å². The average molecular weight is 459 g/mol. The van der Waals surface area contributed by atoms with E-state index in [9.17, 15) is 10.2 Å². The Morgan fingerprint density at radius 1 is 0.935 bits per heavy atom. The van der Waals surface area contributed by atoms with Crippen molar-refractivity contribution in [2.24, 2.45) is 0 Å². The summed E-state index contributed by atoms with van der Waals surface area (Å²) in [6, 6.07) is 13.0. The van der Waals surface area contributed by atoms with Crippen LogP contribution in [0.2, 0.25) is 10.0 Å². The van der Waals surface area contributed by atoms with Crippen LogP contribution in [0.5, 0.6) is 0 Å². The molecule has 2 aliphatic heterocycles. The molecule has 162 valence electrons. The summed E-state index contributed by atoms with van der Waals surface area (Å²) in [6.45, 7) is 2.62. The van der Waals surface area contributed by atoms with Crippen molar-refractivity contribution >= 4 is 39.9 Å². The molecule has 2 aromatic carbocycles. The van der Waals surface area contributed by atoms with Crippen LogP contribution in [0, 0.1) is 0 Å². The first-order chi connectivity index (χ1) is 14.9. The van der Waals surface area contributed by atoms with Crippen LogP contribution in [0.3, 0.4) is 0 Å². The highest BCUT2D eigenvalue weighted by Gasteiger charge is 2.41. The van der Waals surface area contributed by atoms with Crippen LogP contribution in [0.4, 0.5) is 5.82 Å². The summed E-state index contributed by atoms with van der Waals surface area (Å²) >= 11 is 12.1. The topological polar surface area (TPSA) is 72.7 Å². The van der Waals surface area contributed by atoms with Gasteiger partial charge >= 0.3 is 0 Å². The van der Waals surface area contributed by atoms with Gasteiger partial charge in [0.25, 0.3) is 0 Å². The van der Waals surface area contributed by atoms with Gasteiger partial charge < -0.3 is 15.1 Å². The van der Waals surface area contributed by atoms with Gasteiger partial charge in [-0.1, -0.05) is 35.3 Å². The van der Waals surface area contributed by atoms with E-state index in [0.29, 0.717) is 36.0 Å². The molecule has 2 fully saturated rings. The van der Waals surface area contributed by atoms with Crippen molar-refractivity contribution in [2.45, 2.75) is 30.6 Å². The number of β-amino-alcohol motifs (C(OH)–C–C–N with tert-alkyl or cyclic N) is 1. The molecule has 0 bridgehead atoms. The molecule has 0 unspecified atom stereocenters. The number of piperidine rings is 1.